The van der Waals surface area contributed by atoms with Crippen LogP contribution in [0.4, 0.5) is 30.6 Å². The summed E-state index contributed by atoms with van der Waals surface area (Å²) in [6.07, 6.45) is 0.337. The summed E-state index contributed by atoms with van der Waals surface area (Å²) >= 11 is 0. The van der Waals surface area contributed by atoms with E-state index in [9.17, 15) is 22.8 Å². The van der Waals surface area contributed by atoms with Gasteiger partial charge in [0, 0.05) is 24.9 Å². The summed E-state index contributed by atoms with van der Waals surface area (Å²) in [5.74, 6) is -0.931. The van der Waals surface area contributed by atoms with Gasteiger partial charge in [-0.05, 0) is 43.9 Å². The third-order valence-electron chi connectivity index (χ3n) is 5.20. The lowest BCUT2D eigenvalue weighted by Crippen LogP contribution is -2.28. The number of carbonyl (C=O) groups excluding carboxylic acids is 1. The van der Waals surface area contributed by atoms with Crippen LogP contribution in [0.25, 0.3) is 0 Å². The Hall–Kier alpha value is -4.36. The molecule has 37 heavy (non-hydrogen) atoms. The number of nitrogens with one attached hydrogen (secondary N) is 2. The summed E-state index contributed by atoms with van der Waals surface area (Å²) in [6, 6.07) is 8.67. The zero-order valence-corrected chi connectivity index (χ0v) is 19.6. The number of aliphatic carboxylic acids is 1. The molecule has 1 saturated carbocycles. The number of carbonyl (C=O) groups is 2. The minimum absolute atomic E-state index is 0.0912. The van der Waals surface area contributed by atoms with Crippen molar-refractivity contribution in [3.8, 4) is 11.6 Å². The van der Waals surface area contributed by atoms with Gasteiger partial charge in [-0.15, -0.1) is 18.3 Å². The molecule has 0 amide bonds. The van der Waals surface area contributed by atoms with Gasteiger partial charge in [0.25, 0.3) is 5.89 Å². The molecule has 0 bridgehead atoms. The van der Waals surface area contributed by atoms with Crippen molar-refractivity contribution >= 4 is 29.6 Å². The molecule has 0 aliphatic heterocycles. The molecule has 1 fully saturated rings. The molecule has 14 heteroatoms. The first-order chi connectivity index (χ1) is 17.6. The standard InChI is InChI=1S/C13H18N2O3.C10H6F3N3O3/c1-14-10-4-7-12(15-8-10)18-11-5-2-9(3-6-11)13(16)17;11-10(12,13)19-7-3-1-2-6(4-7)14-9-16-15-8(5-17)18-9/h4,7-9,11,14H,2-3,5-6H2,1H3,(H,16,17);1-5H,(H,14,16). The van der Waals surface area contributed by atoms with Gasteiger partial charge in [0.15, 0.2) is 0 Å². The van der Waals surface area contributed by atoms with E-state index in [2.05, 4.69) is 30.6 Å². The molecule has 3 N–H and O–H groups in total. The van der Waals surface area contributed by atoms with Crippen molar-refractivity contribution < 1.29 is 41.8 Å². The summed E-state index contributed by atoms with van der Waals surface area (Å²) < 4.78 is 50.4. The Kier molecular flexibility index (Phi) is 9.24. The van der Waals surface area contributed by atoms with Gasteiger partial charge in [-0.2, -0.15) is 0 Å². The summed E-state index contributed by atoms with van der Waals surface area (Å²) in [7, 11) is 1.84. The van der Waals surface area contributed by atoms with Crippen molar-refractivity contribution in [2.45, 2.75) is 38.1 Å². The fourth-order valence-corrected chi connectivity index (χ4v) is 3.42. The van der Waals surface area contributed by atoms with E-state index in [0.717, 1.165) is 30.7 Å². The van der Waals surface area contributed by atoms with Gasteiger partial charge >= 0.3 is 18.3 Å². The topological polar surface area (TPSA) is 149 Å². The number of aromatic nitrogens is 3. The van der Waals surface area contributed by atoms with Crippen molar-refractivity contribution in [1.82, 2.24) is 15.2 Å². The number of hydrogen-bond acceptors (Lipinski definition) is 10. The number of alkyl halides is 3. The number of carboxylic acid groups (broad SMARTS) is 1. The molecule has 1 aromatic carbocycles. The maximum absolute atomic E-state index is 12.0. The van der Waals surface area contributed by atoms with Crippen molar-refractivity contribution in [3.63, 3.8) is 0 Å². The highest BCUT2D eigenvalue weighted by Gasteiger charge is 2.31. The fourth-order valence-electron chi connectivity index (χ4n) is 3.42. The second kappa shape index (κ2) is 12.6. The molecule has 3 aromatic rings. The van der Waals surface area contributed by atoms with E-state index in [0.29, 0.717) is 25.0 Å². The number of anilines is 3. The number of halogens is 3. The zero-order valence-electron chi connectivity index (χ0n) is 19.6. The minimum atomic E-state index is -4.77. The number of aldehydes is 1. The maximum Gasteiger partial charge on any atom is 0.573 e. The number of benzene rings is 1. The Labute approximate surface area is 209 Å². The monoisotopic (exact) mass is 523 g/mol. The van der Waals surface area contributed by atoms with Crippen LogP contribution in [0, 0.1) is 5.92 Å². The summed E-state index contributed by atoms with van der Waals surface area (Å²) in [4.78, 5) is 25.3. The van der Waals surface area contributed by atoms with E-state index in [1.807, 2.05) is 19.2 Å². The summed E-state index contributed by atoms with van der Waals surface area (Å²) in [5.41, 5.74) is 1.18. The molecule has 198 valence electrons. The van der Waals surface area contributed by atoms with Crippen molar-refractivity contribution in [2.24, 2.45) is 5.92 Å². The van der Waals surface area contributed by atoms with E-state index >= 15 is 0 Å². The Balaban J connectivity index is 0.000000206. The Bertz CT molecular complexity index is 1160. The maximum atomic E-state index is 12.0. The average molecular weight is 523 g/mol. The van der Waals surface area contributed by atoms with Gasteiger partial charge < -0.3 is 29.6 Å². The van der Waals surface area contributed by atoms with Crippen LogP contribution in [0.2, 0.25) is 0 Å². The van der Waals surface area contributed by atoms with Crippen LogP contribution in [0.5, 0.6) is 11.6 Å². The number of rotatable bonds is 8. The van der Waals surface area contributed by atoms with Crippen LogP contribution in [0.3, 0.4) is 0 Å². The molecule has 0 saturated heterocycles. The van der Waals surface area contributed by atoms with Gasteiger partial charge in [-0.25, -0.2) is 4.98 Å². The largest absolute Gasteiger partial charge is 0.573 e. The molecule has 4 rings (SSSR count). The highest BCUT2D eigenvalue weighted by molar-refractivity contribution is 5.70. The molecular weight excluding hydrogens is 499 g/mol. The fraction of sp³-hybridized carbons (Fsp3) is 0.348. The van der Waals surface area contributed by atoms with E-state index in [4.69, 9.17) is 14.3 Å². The highest BCUT2D eigenvalue weighted by Crippen LogP contribution is 2.28. The van der Waals surface area contributed by atoms with Crippen LogP contribution in [-0.2, 0) is 4.79 Å². The normalized spacial score (nSPS) is 17.1. The van der Waals surface area contributed by atoms with E-state index in [-0.39, 0.29) is 29.6 Å². The van der Waals surface area contributed by atoms with Gasteiger partial charge in [0.05, 0.1) is 17.8 Å². The molecule has 0 unspecified atom stereocenters. The van der Waals surface area contributed by atoms with Crippen LogP contribution in [0.15, 0.2) is 47.0 Å². The molecule has 2 heterocycles. The second-order valence-electron chi connectivity index (χ2n) is 7.83. The molecule has 1 aliphatic rings. The number of pyridine rings is 1. The Morgan fingerprint density at radius 3 is 2.46 bits per heavy atom. The third kappa shape index (κ3) is 8.98. The smallest absolute Gasteiger partial charge is 0.481 e. The first-order valence-corrected chi connectivity index (χ1v) is 11.1. The average Bonchev–Trinajstić information content (AvgIpc) is 3.32. The van der Waals surface area contributed by atoms with Gasteiger partial charge in [0.2, 0.25) is 12.2 Å². The summed E-state index contributed by atoms with van der Waals surface area (Å²) in [6.45, 7) is 0. The van der Waals surface area contributed by atoms with E-state index in [1.165, 1.54) is 12.1 Å². The number of ether oxygens (including phenoxy) is 2. The predicted octanol–water partition coefficient (Wildman–Crippen LogP) is 4.67. The van der Waals surface area contributed by atoms with Gasteiger partial charge in [-0.3, -0.25) is 9.59 Å². The second-order valence-corrected chi connectivity index (χ2v) is 7.83. The predicted molar refractivity (Wildman–Crippen MR) is 124 cm³/mol. The molecule has 0 spiro atoms. The lowest BCUT2D eigenvalue weighted by atomic mass is 9.87. The Morgan fingerprint density at radius 2 is 1.89 bits per heavy atom. The van der Waals surface area contributed by atoms with Crippen LogP contribution >= 0.6 is 0 Å². The van der Waals surface area contributed by atoms with Crippen LogP contribution < -0.4 is 20.1 Å². The van der Waals surface area contributed by atoms with Gasteiger partial charge in [-0.1, -0.05) is 11.2 Å². The van der Waals surface area contributed by atoms with E-state index < -0.39 is 18.1 Å². The quantitative estimate of drug-likeness (QED) is 0.354. The van der Waals surface area contributed by atoms with Crippen LogP contribution in [-0.4, -0.2) is 52.1 Å². The van der Waals surface area contributed by atoms with E-state index in [1.54, 1.807) is 6.20 Å². The van der Waals surface area contributed by atoms with Crippen LogP contribution in [0.1, 0.15) is 36.4 Å². The van der Waals surface area contributed by atoms with Crippen molar-refractivity contribution in [3.05, 3.63) is 48.5 Å². The molecule has 11 nitrogen and oxygen atoms in total. The number of hydrogen-bond donors (Lipinski definition) is 3. The first kappa shape index (κ1) is 27.2. The first-order valence-electron chi connectivity index (χ1n) is 11.1. The number of carboxylic acids is 1. The lowest BCUT2D eigenvalue weighted by molar-refractivity contribution is -0.274. The molecule has 0 radical (unpaired) electrons. The lowest BCUT2D eigenvalue weighted by Gasteiger charge is -2.26. The molecule has 0 atom stereocenters. The molecule has 2 aromatic heterocycles. The number of nitrogens with zero attached hydrogens (tertiary/aromatic N) is 3. The van der Waals surface area contributed by atoms with Crippen molar-refractivity contribution in [2.75, 3.05) is 17.7 Å². The molecular formula is C23H24F3N5O6. The zero-order chi connectivity index (χ0) is 26.8. The van der Waals surface area contributed by atoms with Gasteiger partial charge in [0.1, 0.15) is 11.9 Å². The summed E-state index contributed by atoms with van der Waals surface area (Å²) in [5, 5.41) is 21.3. The third-order valence-corrected chi connectivity index (χ3v) is 5.20. The SMILES string of the molecule is CNc1ccc(OC2CCC(C(=O)O)CC2)nc1.O=Cc1nnc(Nc2cccc(OC(F)(F)F)c2)o1. The molecule has 1 aliphatic carbocycles. The Morgan fingerprint density at radius 1 is 1.14 bits per heavy atom. The van der Waals surface area contributed by atoms with Crippen molar-refractivity contribution in [1.29, 1.82) is 0 Å². The minimum Gasteiger partial charge on any atom is -0.481 e. The highest BCUT2D eigenvalue weighted by atomic mass is 19.4.